The van der Waals surface area contributed by atoms with Crippen molar-refractivity contribution < 1.29 is 18.6 Å². The van der Waals surface area contributed by atoms with E-state index in [0.717, 1.165) is 5.56 Å². The van der Waals surface area contributed by atoms with Gasteiger partial charge in [-0.2, -0.15) is 0 Å². The van der Waals surface area contributed by atoms with Crippen molar-refractivity contribution in [1.82, 2.24) is 0 Å². The topological polar surface area (TPSA) is 29.5 Å². The smallest absolute Gasteiger partial charge is 0.248 e. The highest BCUT2D eigenvalue weighted by Crippen LogP contribution is 2.37. The van der Waals surface area contributed by atoms with Crippen molar-refractivity contribution in [2.45, 2.75) is 50.2 Å². The minimum absolute atomic E-state index is 0.131. The number of ether oxygens (including phenoxy) is 1. The number of alkyl halides is 2. The molecule has 1 aliphatic carbocycles. The molecule has 1 aromatic carbocycles. The van der Waals surface area contributed by atoms with Gasteiger partial charge in [-0.15, -0.1) is 0 Å². The van der Waals surface area contributed by atoms with E-state index in [1.165, 1.54) is 0 Å². The summed E-state index contributed by atoms with van der Waals surface area (Å²) in [5.41, 5.74) is 0.0493. The Kier molecular flexibility index (Phi) is 4.21. The van der Waals surface area contributed by atoms with E-state index in [0.29, 0.717) is 12.8 Å². The highest BCUT2D eigenvalue weighted by atomic mass is 19.3. The van der Waals surface area contributed by atoms with Gasteiger partial charge < -0.3 is 9.84 Å². The number of halogens is 2. The molecule has 2 nitrogen and oxygen atoms in total. The number of aliphatic hydroxyl groups is 1. The molecule has 1 N–H and O–H groups in total. The molecule has 1 aliphatic rings. The summed E-state index contributed by atoms with van der Waals surface area (Å²) in [6, 6.07) is 9.41. The second-order valence-electron chi connectivity index (χ2n) is 5.43. The van der Waals surface area contributed by atoms with Gasteiger partial charge in [0.25, 0.3) is 0 Å². The molecule has 0 heterocycles. The molecule has 1 unspecified atom stereocenters. The summed E-state index contributed by atoms with van der Waals surface area (Å²) in [4.78, 5) is 0. The van der Waals surface area contributed by atoms with Gasteiger partial charge in [-0.05, 0) is 25.3 Å². The van der Waals surface area contributed by atoms with Crippen molar-refractivity contribution in [3.05, 3.63) is 35.9 Å². The van der Waals surface area contributed by atoms with Crippen LogP contribution in [0.1, 0.15) is 38.2 Å². The summed E-state index contributed by atoms with van der Waals surface area (Å²) < 4.78 is 32.1. The number of hydrogen-bond acceptors (Lipinski definition) is 2. The minimum Gasteiger partial charge on any atom is -0.393 e. The Balaban J connectivity index is 2.04. The van der Waals surface area contributed by atoms with Crippen LogP contribution in [-0.2, 0) is 10.3 Å². The molecule has 0 radical (unpaired) electrons. The van der Waals surface area contributed by atoms with Gasteiger partial charge in [0, 0.05) is 12.8 Å². The quantitative estimate of drug-likeness (QED) is 0.907. The van der Waals surface area contributed by atoms with Crippen molar-refractivity contribution in [3.8, 4) is 0 Å². The maximum absolute atomic E-state index is 13.1. The highest BCUT2D eigenvalue weighted by molar-refractivity contribution is 5.22. The van der Waals surface area contributed by atoms with E-state index in [2.05, 4.69) is 0 Å². The number of rotatable bonds is 4. The molecule has 0 aliphatic heterocycles. The fourth-order valence-electron chi connectivity index (χ4n) is 2.49. The molecule has 2 rings (SSSR count). The first-order valence-electron chi connectivity index (χ1n) is 6.67. The van der Waals surface area contributed by atoms with E-state index in [4.69, 9.17) is 4.74 Å². The molecule has 0 spiro atoms. The van der Waals surface area contributed by atoms with E-state index in [-0.39, 0.29) is 25.6 Å². The van der Waals surface area contributed by atoms with Crippen molar-refractivity contribution in [2.75, 3.05) is 6.61 Å². The molecule has 1 saturated carbocycles. The van der Waals surface area contributed by atoms with Crippen LogP contribution in [0.15, 0.2) is 30.3 Å². The summed E-state index contributed by atoms with van der Waals surface area (Å²) in [5.74, 6) is -2.55. The van der Waals surface area contributed by atoms with Gasteiger partial charge >= 0.3 is 0 Å². The van der Waals surface area contributed by atoms with Gasteiger partial charge in [-0.1, -0.05) is 30.3 Å². The van der Waals surface area contributed by atoms with Gasteiger partial charge in [0.05, 0.1) is 12.7 Å². The van der Waals surface area contributed by atoms with Crippen LogP contribution in [0.4, 0.5) is 8.78 Å². The Morgan fingerprint density at radius 1 is 1.26 bits per heavy atom. The van der Waals surface area contributed by atoms with E-state index < -0.39 is 11.5 Å². The molecule has 4 heteroatoms. The van der Waals surface area contributed by atoms with Crippen LogP contribution in [0.3, 0.4) is 0 Å². The second-order valence-corrected chi connectivity index (χ2v) is 5.43. The van der Waals surface area contributed by atoms with Crippen molar-refractivity contribution >= 4 is 0 Å². The summed E-state index contributed by atoms with van der Waals surface area (Å²) in [6.07, 6.45) is 0.212. The van der Waals surface area contributed by atoms with Crippen LogP contribution in [0.25, 0.3) is 0 Å². The van der Waals surface area contributed by atoms with Crippen molar-refractivity contribution in [3.63, 3.8) is 0 Å². The molecule has 1 atom stereocenters. The standard InChI is InChI=1S/C15H20F2O2/c1-14(11-18,12-5-3-2-4-6-12)19-13-7-9-15(16,17)10-8-13/h2-6,13,18H,7-11H2,1H3. The Labute approximate surface area is 112 Å². The third-order valence-corrected chi connectivity index (χ3v) is 3.78. The van der Waals surface area contributed by atoms with Crippen LogP contribution >= 0.6 is 0 Å². The van der Waals surface area contributed by atoms with Crippen LogP contribution in [0, 0.1) is 0 Å². The molecule has 0 amide bonds. The van der Waals surface area contributed by atoms with Gasteiger partial charge in [-0.25, -0.2) is 8.78 Å². The summed E-state index contributed by atoms with van der Waals surface area (Å²) >= 11 is 0. The van der Waals surface area contributed by atoms with Gasteiger partial charge in [0.1, 0.15) is 5.60 Å². The van der Waals surface area contributed by atoms with E-state index >= 15 is 0 Å². The Hall–Kier alpha value is -1.00. The monoisotopic (exact) mass is 270 g/mol. The Bertz CT molecular complexity index is 398. The predicted molar refractivity (Wildman–Crippen MR) is 69.2 cm³/mol. The van der Waals surface area contributed by atoms with Crippen LogP contribution in [0.5, 0.6) is 0 Å². The summed E-state index contributed by atoms with van der Waals surface area (Å²) in [6.45, 7) is 1.64. The number of hydrogen-bond donors (Lipinski definition) is 1. The van der Waals surface area contributed by atoms with E-state index in [9.17, 15) is 13.9 Å². The summed E-state index contributed by atoms with van der Waals surface area (Å²) in [7, 11) is 0. The van der Waals surface area contributed by atoms with Gasteiger partial charge in [-0.3, -0.25) is 0 Å². The number of benzene rings is 1. The molecule has 0 aromatic heterocycles. The first-order valence-corrected chi connectivity index (χ1v) is 6.67. The third kappa shape index (κ3) is 3.51. The lowest BCUT2D eigenvalue weighted by molar-refractivity contribution is -0.150. The van der Waals surface area contributed by atoms with Crippen molar-refractivity contribution in [1.29, 1.82) is 0 Å². The minimum atomic E-state index is -2.55. The molecule has 1 aromatic rings. The predicted octanol–water partition coefficient (Wildman–Crippen LogP) is 3.49. The zero-order chi connectivity index (χ0) is 13.9. The van der Waals surface area contributed by atoms with Gasteiger partial charge in [0.15, 0.2) is 0 Å². The lowest BCUT2D eigenvalue weighted by Gasteiger charge is -2.36. The second kappa shape index (κ2) is 5.55. The van der Waals surface area contributed by atoms with Crippen LogP contribution in [0.2, 0.25) is 0 Å². The van der Waals surface area contributed by atoms with Crippen LogP contribution < -0.4 is 0 Å². The molecule has 0 bridgehead atoms. The molecule has 1 fully saturated rings. The Morgan fingerprint density at radius 2 is 1.84 bits per heavy atom. The molecule has 19 heavy (non-hydrogen) atoms. The highest BCUT2D eigenvalue weighted by Gasteiger charge is 2.38. The molecule has 0 saturated heterocycles. The maximum Gasteiger partial charge on any atom is 0.248 e. The normalized spacial score (nSPS) is 22.9. The van der Waals surface area contributed by atoms with Gasteiger partial charge in [0.2, 0.25) is 5.92 Å². The van der Waals surface area contributed by atoms with E-state index in [1.807, 2.05) is 30.3 Å². The molecular weight excluding hydrogens is 250 g/mol. The zero-order valence-electron chi connectivity index (χ0n) is 11.1. The molecular formula is C15H20F2O2. The fourth-order valence-corrected chi connectivity index (χ4v) is 2.49. The van der Waals surface area contributed by atoms with Crippen molar-refractivity contribution in [2.24, 2.45) is 0 Å². The SMILES string of the molecule is CC(CO)(OC1CCC(F)(F)CC1)c1ccccc1. The van der Waals surface area contributed by atoms with E-state index in [1.54, 1.807) is 6.92 Å². The lowest BCUT2D eigenvalue weighted by Crippen LogP contribution is -2.38. The molecule has 106 valence electrons. The van der Waals surface area contributed by atoms with Crippen LogP contribution in [-0.4, -0.2) is 23.7 Å². The zero-order valence-corrected chi connectivity index (χ0v) is 11.1. The lowest BCUT2D eigenvalue weighted by atomic mass is 9.91. The fraction of sp³-hybridized carbons (Fsp3) is 0.600. The first-order chi connectivity index (χ1) is 8.95. The average Bonchev–Trinajstić information content (AvgIpc) is 2.42. The number of aliphatic hydroxyl groups excluding tert-OH is 1. The average molecular weight is 270 g/mol. The summed E-state index contributed by atoms with van der Waals surface area (Å²) in [5, 5.41) is 9.60. The first kappa shape index (κ1) is 14.4. The maximum atomic E-state index is 13.1. The third-order valence-electron chi connectivity index (χ3n) is 3.78. The Morgan fingerprint density at radius 3 is 2.37 bits per heavy atom. The largest absolute Gasteiger partial charge is 0.393 e.